The predicted molar refractivity (Wildman–Crippen MR) is 115 cm³/mol. The molecule has 0 saturated carbocycles. The van der Waals surface area contributed by atoms with Gasteiger partial charge in [-0.05, 0) is 49.2 Å². The van der Waals surface area contributed by atoms with Gasteiger partial charge < -0.3 is 14.8 Å². The van der Waals surface area contributed by atoms with Crippen molar-refractivity contribution < 1.29 is 9.47 Å². The summed E-state index contributed by atoms with van der Waals surface area (Å²) in [6, 6.07) is 15.1. The first kappa shape index (κ1) is 20.7. The molecule has 1 N–H and O–H groups in total. The van der Waals surface area contributed by atoms with Crippen molar-refractivity contribution in [1.29, 1.82) is 0 Å². The second-order valence-electron chi connectivity index (χ2n) is 7.13. The Morgan fingerprint density at radius 3 is 2.61 bits per heavy atom. The fourth-order valence-electron chi connectivity index (χ4n) is 3.56. The van der Waals surface area contributed by atoms with E-state index >= 15 is 0 Å². The molecule has 150 valence electrons. The Morgan fingerprint density at radius 2 is 1.93 bits per heavy atom. The van der Waals surface area contributed by atoms with Crippen LogP contribution in [0.2, 0.25) is 5.02 Å². The smallest absolute Gasteiger partial charge is 0.180 e. The van der Waals surface area contributed by atoms with Gasteiger partial charge in [-0.2, -0.15) is 0 Å². The summed E-state index contributed by atoms with van der Waals surface area (Å²) in [6.07, 6.45) is 3.99. The van der Waals surface area contributed by atoms with E-state index in [4.69, 9.17) is 21.1 Å². The minimum atomic E-state index is 0.398. The number of hydrogen-bond donors (Lipinski definition) is 1. The number of rotatable bonds is 9. The summed E-state index contributed by atoms with van der Waals surface area (Å²) >= 11 is 6.39. The maximum atomic E-state index is 6.39. The van der Waals surface area contributed by atoms with E-state index in [1.807, 2.05) is 12.1 Å². The van der Waals surface area contributed by atoms with Crippen LogP contribution in [0.3, 0.4) is 0 Å². The Hall–Kier alpha value is -2.01. The van der Waals surface area contributed by atoms with Gasteiger partial charge in [0.15, 0.2) is 11.5 Å². The van der Waals surface area contributed by atoms with Crippen LogP contribution in [0.15, 0.2) is 55.1 Å². The highest BCUT2D eigenvalue weighted by molar-refractivity contribution is 6.32. The van der Waals surface area contributed by atoms with Crippen LogP contribution in [0, 0.1) is 0 Å². The van der Waals surface area contributed by atoms with Gasteiger partial charge in [0.1, 0.15) is 6.61 Å². The third-order valence-electron chi connectivity index (χ3n) is 5.07. The number of nitrogens with zero attached hydrogens (tertiary/aromatic N) is 1. The highest BCUT2D eigenvalue weighted by Gasteiger charge is 2.19. The van der Waals surface area contributed by atoms with Crippen LogP contribution in [0.4, 0.5) is 0 Å². The Labute approximate surface area is 173 Å². The molecule has 1 fully saturated rings. The lowest BCUT2D eigenvalue weighted by Crippen LogP contribution is -2.41. The molecule has 2 aromatic rings. The van der Waals surface area contributed by atoms with Crippen molar-refractivity contribution in [3.05, 3.63) is 71.3 Å². The fraction of sp³-hybridized carbons (Fsp3) is 0.391. The molecule has 0 aliphatic carbocycles. The van der Waals surface area contributed by atoms with Crippen molar-refractivity contribution >= 4 is 11.6 Å². The number of ether oxygens (including phenoxy) is 2. The molecular weight excluding hydrogens is 372 g/mol. The quantitative estimate of drug-likeness (QED) is 0.620. The molecule has 1 heterocycles. The van der Waals surface area contributed by atoms with E-state index in [1.165, 1.54) is 5.56 Å². The topological polar surface area (TPSA) is 33.7 Å². The van der Waals surface area contributed by atoms with E-state index in [-0.39, 0.29) is 0 Å². The van der Waals surface area contributed by atoms with Gasteiger partial charge in [0.25, 0.3) is 0 Å². The van der Waals surface area contributed by atoms with E-state index in [9.17, 15) is 0 Å². The van der Waals surface area contributed by atoms with E-state index in [1.54, 1.807) is 13.2 Å². The zero-order valence-corrected chi connectivity index (χ0v) is 17.3. The van der Waals surface area contributed by atoms with Crippen molar-refractivity contribution in [3.8, 4) is 11.5 Å². The number of benzene rings is 2. The van der Waals surface area contributed by atoms with Crippen LogP contribution in [-0.4, -0.2) is 37.7 Å². The van der Waals surface area contributed by atoms with Gasteiger partial charge in [0, 0.05) is 19.1 Å². The normalized spacial score (nSPS) is 15.4. The minimum absolute atomic E-state index is 0.398. The summed E-state index contributed by atoms with van der Waals surface area (Å²) in [6.45, 7) is 8.10. The number of nitrogens with one attached hydrogen (secondary N) is 1. The van der Waals surface area contributed by atoms with Crippen LogP contribution in [0.1, 0.15) is 24.0 Å². The monoisotopic (exact) mass is 400 g/mol. The molecule has 1 aliphatic heterocycles. The summed E-state index contributed by atoms with van der Waals surface area (Å²) < 4.78 is 11.1. The standard InChI is InChI=1S/C23H29ClN2O2/c1-3-13-28-23-21(24)14-19(15-22(23)27-2)16-25-20-9-11-26(12-10-20)17-18-7-5-4-6-8-18/h3-8,14-15,20,25H,1,9-13,16-17H2,2H3. The van der Waals surface area contributed by atoms with Crippen molar-refractivity contribution in [3.63, 3.8) is 0 Å². The third kappa shape index (κ3) is 5.74. The fourth-order valence-corrected chi connectivity index (χ4v) is 3.84. The van der Waals surface area contributed by atoms with Crippen LogP contribution in [0.5, 0.6) is 11.5 Å². The van der Waals surface area contributed by atoms with Crippen LogP contribution < -0.4 is 14.8 Å². The molecule has 0 aromatic heterocycles. The van der Waals surface area contributed by atoms with Crippen LogP contribution in [-0.2, 0) is 13.1 Å². The summed E-state index contributed by atoms with van der Waals surface area (Å²) in [5.74, 6) is 1.23. The lowest BCUT2D eigenvalue weighted by atomic mass is 10.0. The van der Waals surface area contributed by atoms with Gasteiger partial charge in [0.05, 0.1) is 12.1 Å². The molecule has 2 aromatic carbocycles. The SMILES string of the molecule is C=CCOc1c(Cl)cc(CNC2CCN(Cc3ccccc3)CC2)cc1OC. The number of hydrogen-bond acceptors (Lipinski definition) is 4. The zero-order valence-electron chi connectivity index (χ0n) is 16.5. The van der Waals surface area contributed by atoms with Gasteiger partial charge >= 0.3 is 0 Å². The molecule has 0 radical (unpaired) electrons. The molecule has 0 bridgehead atoms. The van der Waals surface area contributed by atoms with Crippen LogP contribution >= 0.6 is 11.6 Å². The first-order chi connectivity index (χ1) is 13.7. The molecule has 5 heteroatoms. The van der Waals surface area contributed by atoms with E-state index in [0.717, 1.165) is 44.6 Å². The van der Waals surface area contributed by atoms with Crippen LogP contribution in [0.25, 0.3) is 0 Å². The summed E-state index contributed by atoms with van der Waals surface area (Å²) in [7, 11) is 1.63. The highest BCUT2D eigenvalue weighted by atomic mass is 35.5. The van der Waals surface area contributed by atoms with E-state index < -0.39 is 0 Å². The molecule has 0 unspecified atom stereocenters. The Morgan fingerprint density at radius 1 is 1.18 bits per heavy atom. The highest BCUT2D eigenvalue weighted by Crippen LogP contribution is 2.36. The zero-order chi connectivity index (χ0) is 19.8. The number of piperidine rings is 1. The molecule has 3 rings (SSSR count). The largest absolute Gasteiger partial charge is 0.493 e. The molecule has 0 atom stereocenters. The van der Waals surface area contributed by atoms with Gasteiger partial charge in [-0.15, -0.1) is 0 Å². The molecule has 1 aliphatic rings. The Bertz CT molecular complexity index is 759. The maximum absolute atomic E-state index is 6.39. The number of likely N-dealkylation sites (tertiary alicyclic amines) is 1. The van der Waals surface area contributed by atoms with Gasteiger partial charge in [-0.3, -0.25) is 4.90 Å². The molecule has 4 nitrogen and oxygen atoms in total. The van der Waals surface area contributed by atoms with E-state index in [2.05, 4.69) is 47.1 Å². The van der Waals surface area contributed by atoms with Crippen molar-refractivity contribution in [2.45, 2.75) is 32.0 Å². The maximum Gasteiger partial charge on any atom is 0.180 e. The first-order valence-electron chi connectivity index (χ1n) is 9.79. The molecular formula is C23H29ClN2O2. The Kier molecular flexibility index (Phi) is 7.78. The average molecular weight is 401 g/mol. The van der Waals surface area contributed by atoms with E-state index in [0.29, 0.717) is 29.2 Å². The molecule has 0 spiro atoms. The summed E-state index contributed by atoms with van der Waals surface area (Å²) in [5, 5.41) is 4.23. The third-order valence-corrected chi connectivity index (χ3v) is 5.35. The first-order valence-corrected chi connectivity index (χ1v) is 10.2. The Balaban J connectivity index is 1.49. The van der Waals surface area contributed by atoms with Crippen molar-refractivity contribution in [2.24, 2.45) is 0 Å². The lowest BCUT2D eigenvalue weighted by molar-refractivity contribution is 0.190. The van der Waals surface area contributed by atoms with Crippen molar-refractivity contribution in [1.82, 2.24) is 10.2 Å². The van der Waals surface area contributed by atoms with Gasteiger partial charge in [-0.1, -0.05) is 54.6 Å². The van der Waals surface area contributed by atoms with Gasteiger partial charge in [-0.25, -0.2) is 0 Å². The van der Waals surface area contributed by atoms with Gasteiger partial charge in [0.2, 0.25) is 0 Å². The number of halogens is 1. The van der Waals surface area contributed by atoms with Crippen molar-refractivity contribution in [2.75, 3.05) is 26.8 Å². The molecule has 28 heavy (non-hydrogen) atoms. The second kappa shape index (κ2) is 10.5. The molecule has 0 amide bonds. The lowest BCUT2D eigenvalue weighted by Gasteiger charge is -2.32. The average Bonchev–Trinajstić information content (AvgIpc) is 2.73. The predicted octanol–water partition coefficient (Wildman–Crippen LogP) is 4.67. The molecule has 1 saturated heterocycles. The minimum Gasteiger partial charge on any atom is -0.493 e. The second-order valence-corrected chi connectivity index (χ2v) is 7.53. The summed E-state index contributed by atoms with van der Waals surface area (Å²) in [5.41, 5.74) is 2.48. The summed E-state index contributed by atoms with van der Waals surface area (Å²) in [4.78, 5) is 2.53. The number of methoxy groups -OCH3 is 1.